The van der Waals surface area contributed by atoms with Crippen molar-refractivity contribution in [3.8, 4) is 11.5 Å². The molecule has 0 saturated heterocycles. The number of oxazole rings is 1. The molecule has 1 heterocycles. The highest BCUT2D eigenvalue weighted by Crippen LogP contribution is 2.28. The summed E-state index contributed by atoms with van der Waals surface area (Å²) in [5.74, 6) is -1.13. The van der Waals surface area contributed by atoms with Gasteiger partial charge in [0.1, 0.15) is 5.52 Å². The van der Waals surface area contributed by atoms with Gasteiger partial charge in [-0.2, -0.15) is 0 Å². The van der Waals surface area contributed by atoms with Crippen molar-refractivity contribution in [3.05, 3.63) is 48.0 Å². The fourth-order valence-electron chi connectivity index (χ4n) is 2.37. The van der Waals surface area contributed by atoms with Gasteiger partial charge in [0.05, 0.1) is 0 Å². The van der Waals surface area contributed by atoms with Gasteiger partial charge in [0.25, 0.3) is 0 Å². The first-order valence-corrected chi connectivity index (χ1v) is 7.49. The number of carboxylic acid groups (broad SMARTS) is 1. The molecule has 1 amide bonds. The summed E-state index contributed by atoms with van der Waals surface area (Å²) in [7, 11) is 0. The second-order valence-electron chi connectivity index (χ2n) is 5.44. The number of aryl methyl sites for hydroxylation is 1. The Hall–Kier alpha value is -3.15. The van der Waals surface area contributed by atoms with Crippen molar-refractivity contribution in [2.75, 3.05) is 5.32 Å². The highest BCUT2D eigenvalue weighted by atomic mass is 16.4. The van der Waals surface area contributed by atoms with E-state index in [1.165, 1.54) is 0 Å². The summed E-state index contributed by atoms with van der Waals surface area (Å²) in [6, 6.07) is 12.9. The van der Waals surface area contributed by atoms with Crippen LogP contribution in [0.4, 0.5) is 5.69 Å². The first-order chi connectivity index (χ1) is 11.5. The van der Waals surface area contributed by atoms with Crippen LogP contribution in [0.1, 0.15) is 18.4 Å². The Morgan fingerprint density at radius 1 is 1.17 bits per heavy atom. The number of carbonyl (C=O) groups excluding carboxylic acids is 2. The van der Waals surface area contributed by atoms with Crippen LogP contribution in [0.15, 0.2) is 46.9 Å². The van der Waals surface area contributed by atoms with E-state index in [0.29, 0.717) is 22.7 Å². The largest absolute Gasteiger partial charge is 0.550 e. The third kappa shape index (κ3) is 3.43. The second-order valence-corrected chi connectivity index (χ2v) is 5.44. The summed E-state index contributed by atoms with van der Waals surface area (Å²) in [4.78, 5) is 26.5. The topological polar surface area (TPSA) is 95.3 Å². The number of carboxylic acids is 1. The smallest absolute Gasteiger partial charge is 0.227 e. The quantitative estimate of drug-likeness (QED) is 0.777. The average Bonchev–Trinajstić information content (AvgIpc) is 2.96. The molecule has 3 rings (SSSR count). The van der Waals surface area contributed by atoms with Crippen molar-refractivity contribution in [1.29, 1.82) is 0 Å². The molecule has 1 N–H and O–H groups in total. The molecule has 0 atom stereocenters. The van der Waals surface area contributed by atoms with Gasteiger partial charge in [-0.05, 0) is 37.1 Å². The van der Waals surface area contributed by atoms with Crippen LogP contribution in [0.2, 0.25) is 0 Å². The summed E-state index contributed by atoms with van der Waals surface area (Å²) in [6.07, 6.45) is -0.445. The van der Waals surface area contributed by atoms with Gasteiger partial charge in [-0.25, -0.2) is 4.98 Å². The summed E-state index contributed by atoms with van der Waals surface area (Å²) < 4.78 is 5.79. The molecule has 3 aromatic rings. The highest BCUT2D eigenvalue weighted by molar-refractivity contribution is 5.94. The summed E-state index contributed by atoms with van der Waals surface area (Å²) in [5, 5.41) is 13.0. The molecule has 1 aromatic heterocycles. The Morgan fingerprint density at radius 3 is 2.71 bits per heavy atom. The van der Waals surface area contributed by atoms with Gasteiger partial charge in [0.15, 0.2) is 5.58 Å². The number of amides is 1. The fraction of sp³-hybridized carbons (Fsp3) is 0.167. The first-order valence-electron chi connectivity index (χ1n) is 7.49. The number of fused-ring (bicyclic) bond motifs is 1. The van der Waals surface area contributed by atoms with Crippen LogP contribution in [0, 0.1) is 6.92 Å². The molecule has 6 nitrogen and oxygen atoms in total. The lowest BCUT2D eigenvalue weighted by Crippen LogP contribution is -2.24. The molecule has 0 aliphatic carbocycles. The van der Waals surface area contributed by atoms with E-state index in [2.05, 4.69) is 10.3 Å². The predicted octanol–water partition coefficient (Wildman–Crippen LogP) is 2.27. The Labute approximate surface area is 138 Å². The molecule has 0 spiro atoms. The maximum absolute atomic E-state index is 11.7. The molecule has 0 radical (unpaired) electrons. The Kier molecular flexibility index (Phi) is 4.29. The van der Waals surface area contributed by atoms with Crippen LogP contribution >= 0.6 is 0 Å². The number of aromatic nitrogens is 1. The number of rotatable bonds is 5. The zero-order valence-electron chi connectivity index (χ0n) is 13.0. The lowest BCUT2D eigenvalue weighted by molar-refractivity contribution is -0.305. The van der Waals surface area contributed by atoms with Gasteiger partial charge < -0.3 is 19.6 Å². The van der Waals surface area contributed by atoms with Gasteiger partial charge in [-0.1, -0.05) is 18.2 Å². The third-order valence-corrected chi connectivity index (χ3v) is 3.60. The normalized spacial score (nSPS) is 10.7. The van der Waals surface area contributed by atoms with Crippen molar-refractivity contribution >= 4 is 28.7 Å². The van der Waals surface area contributed by atoms with Crippen LogP contribution < -0.4 is 10.4 Å². The molecule has 0 aliphatic heterocycles. The van der Waals surface area contributed by atoms with E-state index in [-0.39, 0.29) is 12.8 Å². The second kappa shape index (κ2) is 6.54. The minimum Gasteiger partial charge on any atom is -0.550 e. The Balaban J connectivity index is 1.83. The summed E-state index contributed by atoms with van der Waals surface area (Å²) in [6.45, 7) is 1.98. The van der Waals surface area contributed by atoms with Gasteiger partial charge in [0, 0.05) is 29.7 Å². The van der Waals surface area contributed by atoms with Crippen molar-refractivity contribution in [2.24, 2.45) is 0 Å². The summed E-state index contributed by atoms with van der Waals surface area (Å²) in [5.41, 5.74) is 3.72. The number of nitrogens with one attached hydrogen (secondary N) is 1. The monoisotopic (exact) mass is 323 g/mol. The average molecular weight is 323 g/mol. The van der Waals surface area contributed by atoms with Crippen molar-refractivity contribution in [3.63, 3.8) is 0 Å². The van der Waals surface area contributed by atoms with E-state index in [1.807, 2.05) is 31.2 Å². The molecule has 2 aromatic carbocycles. The van der Waals surface area contributed by atoms with E-state index in [1.54, 1.807) is 18.2 Å². The molecular weight excluding hydrogens is 308 g/mol. The summed E-state index contributed by atoms with van der Waals surface area (Å²) >= 11 is 0. The number of nitrogens with zero attached hydrogens (tertiary/aromatic N) is 1. The molecule has 0 aliphatic rings. The van der Waals surface area contributed by atoms with Gasteiger partial charge in [-0.15, -0.1) is 0 Å². The molecule has 0 unspecified atom stereocenters. The Morgan fingerprint density at radius 2 is 1.96 bits per heavy atom. The molecular formula is C18H15N2O4-. The predicted molar refractivity (Wildman–Crippen MR) is 87.1 cm³/mol. The molecule has 0 fully saturated rings. The van der Waals surface area contributed by atoms with E-state index in [9.17, 15) is 14.7 Å². The highest BCUT2D eigenvalue weighted by Gasteiger charge is 2.11. The zero-order chi connectivity index (χ0) is 17.1. The van der Waals surface area contributed by atoms with Crippen LogP contribution in [0.25, 0.3) is 22.6 Å². The van der Waals surface area contributed by atoms with Crippen LogP contribution in [-0.2, 0) is 9.59 Å². The Bertz CT molecular complexity index is 914. The molecule has 0 saturated carbocycles. The van der Waals surface area contributed by atoms with Crippen LogP contribution in [0.3, 0.4) is 0 Å². The van der Waals surface area contributed by atoms with Crippen molar-refractivity contribution in [2.45, 2.75) is 19.8 Å². The third-order valence-electron chi connectivity index (χ3n) is 3.60. The van der Waals surface area contributed by atoms with Gasteiger partial charge in [-0.3, -0.25) is 4.79 Å². The number of carbonyl (C=O) groups is 2. The fourth-order valence-corrected chi connectivity index (χ4v) is 2.37. The molecule has 122 valence electrons. The van der Waals surface area contributed by atoms with E-state index in [4.69, 9.17) is 4.42 Å². The molecule has 0 bridgehead atoms. The SMILES string of the molecule is Cc1ccccc1-c1nc2ccc(NC(=O)CCC(=O)[O-])cc2o1. The van der Waals surface area contributed by atoms with Crippen molar-refractivity contribution in [1.82, 2.24) is 4.98 Å². The van der Waals surface area contributed by atoms with Gasteiger partial charge in [0.2, 0.25) is 11.8 Å². The lowest BCUT2D eigenvalue weighted by Gasteiger charge is -2.05. The van der Waals surface area contributed by atoms with Crippen LogP contribution in [-0.4, -0.2) is 16.9 Å². The van der Waals surface area contributed by atoms with E-state index < -0.39 is 11.9 Å². The number of benzene rings is 2. The number of hydrogen-bond donors (Lipinski definition) is 1. The van der Waals surface area contributed by atoms with Crippen LogP contribution in [0.5, 0.6) is 0 Å². The number of hydrogen-bond acceptors (Lipinski definition) is 5. The molecule has 24 heavy (non-hydrogen) atoms. The van der Waals surface area contributed by atoms with Gasteiger partial charge >= 0.3 is 0 Å². The van der Waals surface area contributed by atoms with Crippen molar-refractivity contribution < 1.29 is 19.1 Å². The minimum absolute atomic E-state index is 0.134. The maximum Gasteiger partial charge on any atom is 0.227 e. The zero-order valence-corrected chi connectivity index (χ0v) is 13.0. The molecule has 6 heteroatoms. The number of aliphatic carboxylic acids is 1. The van der Waals surface area contributed by atoms with E-state index >= 15 is 0 Å². The standard InChI is InChI=1S/C18H16N2O4/c1-11-4-2-3-5-13(11)18-20-14-7-6-12(10-15(14)24-18)19-16(21)8-9-17(22)23/h2-7,10H,8-9H2,1H3,(H,19,21)(H,22,23)/p-1. The lowest BCUT2D eigenvalue weighted by atomic mass is 10.1. The first kappa shape index (κ1) is 15.7. The number of anilines is 1. The maximum atomic E-state index is 11.7. The minimum atomic E-state index is -1.25. The van der Waals surface area contributed by atoms with E-state index in [0.717, 1.165) is 11.1 Å².